The van der Waals surface area contributed by atoms with Gasteiger partial charge < -0.3 is 10.6 Å². The average Bonchev–Trinajstić information content (AvgIpc) is 2.38. The summed E-state index contributed by atoms with van der Waals surface area (Å²) in [6, 6.07) is 8.94. The molecular weight excluding hydrogens is 220 g/mol. The van der Waals surface area contributed by atoms with Crippen LogP contribution in [0.25, 0.3) is 0 Å². The first kappa shape index (κ1) is 13.4. The van der Waals surface area contributed by atoms with E-state index in [-0.39, 0.29) is 6.04 Å². The molecular formula is C16H26N2. The zero-order valence-electron chi connectivity index (χ0n) is 11.9. The van der Waals surface area contributed by atoms with E-state index in [1.807, 2.05) is 0 Å². The van der Waals surface area contributed by atoms with E-state index in [1.54, 1.807) is 0 Å². The van der Waals surface area contributed by atoms with Crippen molar-refractivity contribution >= 4 is 5.69 Å². The molecule has 1 aliphatic carbocycles. The molecule has 2 heteroatoms. The number of nitrogens with zero attached hydrogens (tertiary/aromatic N) is 1. The van der Waals surface area contributed by atoms with Crippen LogP contribution >= 0.6 is 0 Å². The Kier molecular flexibility index (Phi) is 4.28. The highest BCUT2D eigenvalue weighted by Gasteiger charge is 2.25. The summed E-state index contributed by atoms with van der Waals surface area (Å²) in [6.45, 7) is 2.36. The molecule has 18 heavy (non-hydrogen) atoms. The number of benzene rings is 1. The second-order valence-corrected chi connectivity index (χ2v) is 6.04. The molecule has 1 aliphatic rings. The van der Waals surface area contributed by atoms with Crippen molar-refractivity contribution in [3.63, 3.8) is 0 Å². The molecule has 2 rings (SSSR count). The summed E-state index contributed by atoms with van der Waals surface area (Å²) in [4.78, 5) is 2.12. The maximum atomic E-state index is 6.44. The summed E-state index contributed by atoms with van der Waals surface area (Å²) in [6.07, 6.45) is 5.30. The lowest BCUT2D eigenvalue weighted by molar-refractivity contribution is 0.248. The summed E-state index contributed by atoms with van der Waals surface area (Å²) < 4.78 is 0. The van der Waals surface area contributed by atoms with Gasteiger partial charge in [0.15, 0.2) is 0 Å². The van der Waals surface area contributed by atoms with E-state index in [9.17, 15) is 0 Å². The average molecular weight is 246 g/mol. The van der Waals surface area contributed by atoms with Gasteiger partial charge in [-0.1, -0.05) is 31.9 Å². The van der Waals surface area contributed by atoms with Crippen LogP contribution in [-0.2, 0) is 0 Å². The van der Waals surface area contributed by atoms with Gasteiger partial charge in [-0.25, -0.2) is 0 Å². The Hall–Kier alpha value is -1.02. The summed E-state index contributed by atoms with van der Waals surface area (Å²) >= 11 is 0. The highest BCUT2D eigenvalue weighted by molar-refractivity contribution is 5.46. The minimum Gasteiger partial charge on any atom is -0.378 e. The van der Waals surface area contributed by atoms with E-state index in [1.165, 1.54) is 36.9 Å². The fraction of sp³-hybridized carbons (Fsp3) is 0.625. The fourth-order valence-electron chi connectivity index (χ4n) is 3.07. The first-order chi connectivity index (χ1) is 8.58. The number of nitrogens with two attached hydrogens (primary N) is 1. The smallest absolute Gasteiger partial charge is 0.0361 e. The molecule has 3 atom stereocenters. The third kappa shape index (κ3) is 3.05. The highest BCUT2D eigenvalue weighted by atomic mass is 15.1. The van der Waals surface area contributed by atoms with E-state index in [0.29, 0.717) is 5.92 Å². The minimum atomic E-state index is 0.212. The van der Waals surface area contributed by atoms with Crippen LogP contribution in [0.4, 0.5) is 5.69 Å². The monoisotopic (exact) mass is 246 g/mol. The van der Waals surface area contributed by atoms with E-state index < -0.39 is 0 Å². The van der Waals surface area contributed by atoms with Crippen molar-refractivity contribution in [3.05, 3.63) is 29.8 Å². The van der Waals surface area contributed by atoms with Gasteiger partial charge in [-0.15, -0.1) is 0 Å². The Labute approximate surface area is 111 Å². The number of anilines is 1. The summed E-state index contributed by atoms with van der Waals surface area (Å²) in [5, 5.41) is 0. The minimum absolute atomic E-state index is 0.212. The summed E-state index contributed by atoms with van der Waals surface area (Å²) in [5.41, 5.74) is 8.97. The second-order valence-electron chi connectivity index (χ2n) is 6.04. The van der Waals surface area contributed by atoms with Crippen molar-refractivity contribution in [2.24, 2.45) is 17.6 Å². The molecule has 0 radical (unpaired) electrons. The molecule has 0 saturated heterocycles. The molecule has 100 valence electrons. The van der Waals surface area contributed by atoms with Crippen LogP contribution in [0.3, 0.4) is 0 Å². The molecule has 2 N–H and O–H groups in total. The molecule has 0 heterocycles. The Morgan fingerprint density at radius 2 is 1.83 bits per heavy atom. The van der Waals surface area contributed by atoms with Gasteiger partial charge in [-0.05, 0) is 42.4 Å². The van der Waals surface area contributed by atoms with Gasteiger partial charge in [0.25, 0.3) is 0 Å². The molecule has 2 nitrogen and oxygen atoms in total. The number of hydrogen-bond donors (Lipinski definition) is 1. The Bertz CT molecular complexity index is 369. The topological polar surface area (TPSA) is 29.3 Å². The Morgan fingerprint density at radius 3 is 2.39 bits per heavy atom. The molecule has 1 saturated carbocycles. The Balaban J connectivity index is 2.05. The van der Waals surface area contributed by atoms with Gasteiger partial charge in [-0.3, -0.25) is 0 Å². The van der Waals surface area contributed by atoms with Gasteiger partial charge >= 0.3 is 0 Å². The lowest BCUT2D eigenvalue weighted by Gasteiger charge is -2.31. The van der Waals surface area contributed by atoms with Crippen molar-refractivity contribution < 1.29 is 0 Å². The summed E-state index contributed by atoms with van der Waals surface area (Å²) in [7, 11) is 4.13. The van der Waals surface area contributed by atoms with Crippen LogP contribution in [0.15, 0.2) is 24.3 Å². The largest absolute Gasteiger partial charge is 0.378 e. The van der Waals surface area contributed by atoms with Gasteiger partial charge in [0.2, 0.25) is 0 Å². The lowest BCUT2D eigenvalue weighted by atomic mass is 9.77. The van der Waals surface area contributed by atoms with Crippen LogP contribution in [0.5, 0.6) is 0 Å². The van der Waals surface area contributed by atoms with Crippen LogP contribution in [0.2, 0.25) is 0 Å². The van der Waals surface area contributed by atoms with E-state index in [0.717, 1.165) is 5.92 Å². The molecule has 0 aromatic heterocycles. The molecule has 3 unspecified atom stereocenters. The quantitative estimate of drug-likeness (QED) is 0.883. The first-order valence-electron chi connectivity index (χ1n) is 7.11. The van der Waals surface area contributed by atoms with Gasteiger partial charge in [-0.2, -0.15) is 0 Å². The normalized spacial score (nSPS) is 25.8. The zero-order valence-corrected chi connectivity index (χ0v) is 11.9. The number of rotatable bonds is 3. The molecule has 1 aromatic carbocycles. The SMILES string of the molecule is CC1CCCC(C(N)c2ccc(N(C)C)cc2)C1. The van der Waals surface area contributed by atoms with Crippen LogP contribution < -0.4 is 10.6 Å². The van der Waals surface area contributed by atoms with Crippen molar-refractivity contribution in [3.8, 4) is 0 Å². The number of hydrogen-bond acceptors (Lipinski definition) is 2. The summed E-state index contributed by atoms with van der Waals surface area (Å²) in [5.74, 6) is 1.51. The van der Waals surface area contributed by atoms with Crippen molar-refractivity contribution in [1.29, 1.82) is 0 Å². The lowest BCUT2D eigenvalue weighted by Crippen LogP contribution is -2.26. The first-order valence-corrected chi connectivity index (χ1v) is 7.11. The maximum Gasteiger partial charge on any atom is 0.0361 e. The van der Waals surface area contributed by atoms with Gasteiger partial charge in [0.1, 0.15) is 0 Å². The van der Waals surface area contributed by atoms with Crippen molar-refractivity contribution in [2.75, 3.05) is 19.0 Å². The predicted molar refractivity (Wildman–Crippen MR) is 78.8 cm³/mol. The third-order valence-electron chi connectivity index (χ3n) is 4.28. The molecule has 1 aromatic rings. The van der Waals surface area contributed by atoms with E-state index in [2.05, 4.69) is 50.2 Å². The van der Waals surface area contributed by atoms with Crippen molar-refractivity contribution in [1.82, 2.24) is 0 Å². The van der Waals surface area contributed by atoms with Crippen LogP contribution in [0.1, 0.15) is 44.2 Å². The van der Waals surface area contributed by atoms with Crippen LogP contribution in [-0.4, -0.2) is 14.1 Å². The van der Waals surface area contributed by atoms with E-state index in [4.69, 9.17) is 5.73 Å². The Morgan fingerprint density at radius 1 is 1.17 bits per heavy atom. The molecule has 0 spiro atoms. The maximum absolute atomic E-state index is 6.44. The molecule has 1 fully saturated rings. The van der Waals surface area contributed by atoms with Gasteiger partial charge in [0.05, 0.1) is 0 Å². The highest BCUT2D eigenvalue weighted by Crippen LogP contribution is 2.36. The van der Waals surface area contributed by atoms with Crippen LogP contribution in [0, 0.1) is 11.8 Å². The fourth-order valence-corrected chi connectivity index (χ4v) is 3.07. The molecule has 0 aliphatic heterocycles. The predicted octanol–water partition coefficient (Wildman–Crippen LogP) is 3.58. The standard InChI is InChI=1S/C16H26N2/c1-12-5-4-6-14(11-12)16(17)13-7-9-15(10-8-13)18(2)3/h7-10,12,14,16H,4-6,11,17H2,1-3H3. The molecule has 0 amide bonds. The second kappa shape index (κ2) is 5.75. The van der Waals surface area contributed by atoms with Crippen molar-refractivity contribution in [2.45, 2.75) is 38.6 Å². The zero-order chi connectivity index (χ0) is 13.1. The van der Waals surface area contributed by atoms with E-state index >= 15 is 0 Å². The third-order valence-corrected chi connectivity index (χ3v) is 4.28. The van der Waals surface area contributed by atoms with Gasteiger partial charge in [0, 0.05) is 25.8 Å². The molecule has 0 bridgehead atoms.